The number of nitrogens with one attached hydrogen (secondary N) is 2. The highest BCUT2D eigenvalue weighted by atomic mass is 32.2. The number of carbonyl (C=O) groups is 2. The van der Waals surface area contributed by atoms with Crippen LogP contribution in [0.2, 0.25) is 0 Å². The predicted molar refractivity (Wildman–Crippen MR) is 115 cm³/mol. The first kappa shape index (κ1) is 20.5. The molecular formula is C20H19N3O5S2. The molecule has 0 atom stereocenters. The van der Waals surface area contributed by atoms with E-state index in [-0.39, 0.29) is 9.77 Å². The van der Waals surface area contributed by atoms with Gasteiger partial charge in [-0.2, -0.15) is 4.31 Å². The van der Waals surface area contributed by atoms with Crippen LogP contribution in [0.25, 0.3) is 10.1 Å². The van der Waals surface area contributed by atoms with E-state index in [4.69, 9.17) is 0 Å². The SMILES string of the molecule is O=C(Nc1cccc2cc(C(=O)O)sc12)c1ccc(S(=O)(=O)N2CCNCC2)cc1. The first-order valence-corrected chi connectivity index (χ1v) is 11.5. The van der Waals surface area contributed by atoms with Gasteiger partial charge in [-0.15, -0.1) is 11.3 Å². The van der Waals surface area contributed by atoms with E-state index in [0.717, 1.165) is 16.7 Å². The van der Waals surface area contributed by atoms with Crippen molar-refractivity contribution in [3.63, 3.8) is 0 Å². The summed E-state index contributed by atoms with van der Waals surface area (Å²) in [6, 6.07) is 12.6. The number of sulfonamides is 1. The highest BCUT2D eigenvalue weighted by Crippen LogP contribution is 2.32. The molecule has 4 rings (SSSR count). The van der Waals surface area contributed by atoms with Crippen LogP contribution in [0, 0.1) is 0 Å². The molecule has 30 heavy (non-hydrogen) atoms. The van der Waals surface area contributed by atoms with E-state index in [2.05, 4.69) is 10.6 Å². The smallest absolute Gasteiger partial charge is 0.345 e. The van der Waals surface area contributed by atoms with Gasteiger partial charge in [-0.25, -0.2) is 13.2 Å². The van der Waals surface area contributed by atoms with Crippen LogP contribution in [0.4, 0.5) is 5.69 Å². The minimum absolute atomic E-state index is 0.146. The lowest BCUT2D eigenvalue weighted by Crippen LogP contribution is -2.46. The van der Waals surface area contributed by atoms with Crippen LogP contribution in [0.1, 0.15) is 20.0 Å². The van der Waals surface area contributed by atoms with Gasteiger partial charge in [0.2, 0.25) is 10.0 Å². The molecule has 3 N–H and O–H groups in total. The van der Waals surface area contributed by atoms with Crippen LogP contribution in [0.3, 0.4) is 0 Å². The molecular weight excluding hydrogens is 426 g/mol. The molecule has 1 aliphatic rings. The predicted octanol–water partition coefficient (Wildman–Crippen LogP) is 2.45. The van der Waals surface area contributed by atoms with Gasteiger partial charge >= 0.3 is 5.97 Å². The van der Waals surface area contributed by atoms with Crippen molar-refractivity contribution in [3.8, 4) is 0 Å². The zero-order valence-electron chi connectivity index (χ0n) is 15.8. The summed E-state index contributed by atoms with van der Waals surface area (Å²) in [4.78, 5) is 24.2. The topological polar surface area (TPSA) is 116 Å². The molecule has 156 valence electrons. The number of carboxylic acid groups (broad SMARTS) is 1. The largest absolute Gasteiger partial charge is 0.477 e. The normalized spacial score (nSPS) is 15.2. The molecule has 1 fully saturated rings. The molecule has 8 nitrogen and oxygen atoms in total. The van der Waals surface area contributed by atoms with Crippen molar-refractivity contribution in [2.75, 3.05) is 31.5 Å². The van der Waals surface area contributed by atoms with Crippen molar-refractivity contribution in [2.45, 2.75) is 4.90 Å². The van der Waals surface area contributed by atoms with Crippen LogP contribution in [-0.2, 0) is 10.0 Å². The Labute approximate surface area is 177 Å². The Hall–Kier alpha value is -2.79. The number of nitrogens with zero attached hydrogens (tertiary/aromatic N) is 1. The molecule has 0 spiro atoms. The summed E-state index contributed by atoms with van der Waals surface area (Å²) in [5.41, 5.74) is 0.814. The van der Waals surface area contributed by atoms with Gasteiger partial charge in [0.15, 0.2) is 0 Å². The number of amides is 1. The highest BCUT2D eigenvalue weighted by molar-refractivity contribution is 7.89. The van der Waals surface area contributed by atoms with Crippen molar-refractivity contribution < 1.29 is 23.1 Å². The monoisotopic (exact) mass is 445 g/mol. The molecule has 3 aromatic rings. The third-order valence-corrected chi connectivity index (χ3v) is 7.92. The molecule has 1 aliphatic heterocycles. The van der Waals surface area contributed by atoms with Crippen LogP contribution < -0.4 is 10.6 Å². The molecule has 0 unspecified atom stereocenters. The second-order valence-corrected chi connectivity index (χ2v) is 9.76. The number of anilines is 1. The number of thiophene rings is 1. The van der Waals surface area contributed by atoms with Gasteiger partial charge in [0, 0.05) is 31.7 Å². The van der Waals surface area contributed by atoms with Gasteiger partial charge in [0.05, 0.1) is 15.3 Å². The van der Waals surface area contributed by atoms with Crippen LogP contribution in [-0.4, -0.2) is 55.9 Å². The number of benzene rings is 2. The van der Waals surface area contributed by atoms with Gasteiger partial charge in [-0.05, 0) is 41.8 Å². The highest BCUT2D eigenvalue weighted by Gasteiger charge is 2.26. The number of carbonyl (C=O) groups excluding carboxylic acids is 1. The molecule has 2 aromatic carbocycles. The molecule has 0 aliphatic carbocycles. The van der Waals surface area contributed by atoms with Gasteiger partial charge in [-0.3, -0.25) is 4.79 Å². The molecule has 10 heteroatoms. The number of carboxylic acids is 1. The van der Waals surface area contributed by atoms with Crippen molar-refractivity contribution in [2.24, 2.45) is 0 Å². The third kappa shape index (κ3) is 3.94. The maximum absolute atomic E-state index is 12.7. The van der Waals surface area contributed by atoms with Crippen molar-refractivity contribution in [3.05, 3.63) is 59.0 Å². The quantitative estimate of drug-likeness (QED) is 0.556. The first-order chi connectivity index (χ1) is 14.4. The van der Waals surface area contributed by atoms with E-state index >= 15 is 0 Å². The summed E-state index contributed by atoms with van der Waals surface area (Å²) >= 11 is 1.09. The lowest BCUT2D eigenvalue weighted by Gasteiger charge is -2.26. The van der Waals surface area contributed by atoms with Crippen molar-refractivity contribution in [1.29, 1.82) is 0 Å². The summed E-state index contributed by atoms with van der Waals surface area (Å²) in [7, 11) is -3.59. The van der Waals surface area contributed by atoms with E-state index in [0.29, 0.717) is 42.1 Å². The minimum Gasteiger partial charge on any atom is -0.477 e. The van der Waals surface area contributed by atoms with E-state index in [1.54, 1.807) is 24.3 Å². The zero-order chi connectivity index (χ0) is 21.3. The summed E-state index contributed by atoms with van der Waals surface area (Å²) in [5, 5.41) is 15.8. The molecule has 2 heterocycles. The Balaban J connectivity index is 1.55. The van der Waals surface area contributed by atoms with E-state index < -0.39 is 21.9 Å². The Morgan fingerprint density at radius 2 is 1.77 bits per heavy atom. The number of hydrogen-bond donors (Lipinski definition) is 3. The molecule has 0 radical (unpaired) electrons. The average Bonchev–Trinajstić information content (AvgIpc) is 3.20. The fraction of sp³-hybridized carbons (Fsp3) is 0.200. The lowest BCUT2D eigenvalue weighted by atomic mass is 10.2. The van der Waals surface area contributed by atoms with Crippen molar-refractivity contribution >= 4 is 49.0 Å². The third-order valence-electron chi connectivity index (χ3n) is 4.83. The first-order valence-electron chi connectivity index (χ1n) is 9.24. The molecule has 1 aromatic heterocycles. The molecule has 1 saturated heterocycles. The molecule has 1 amide bonds. The van der Waals surface area contributed by atoms with Gasteiger partial charge < -0.3 is 15.7 Å². The Kier molecular flexibility index (Phi) is 5.56. The van der Waals surface area contributed by atoms with Crippen LogP contribution >= 0.6 is 11.3 Å². The summed E-state index contributed by atoms with van der Waals surface area (Å²) in [6.07, 6.45) is 0. The fourth-order valence-corrected chi connectivity index (χ4v) is 5.68. The maximum Gasteiger partial charge on any atom is 0.345 e. The van der Waals surface area contributed by atoms with E-state index in [9.17, 15) is 23.1 Å². The lowest BCUT2D eigenvalue weighted by molar-refractivity contribution is 0.0702. The number of aromatic carboxylic acids is 1. The van der Waals surface area contributed by atoms with E-state index in [1.165, 1.54) is 28.6 Å². The second kappa shape index (κ2) is 8.15. The van der Waals surface area contributed by atoms with Gasteiger partial charge in [0.25, 0.3) is 5.91 Å². The molecule has 0 saturated carbocycles. The van der Waals surface area contributed by atoms with Gasteiger partial charge in [-0.1, -0.05) is 12.1 Å². The zero-order valence-corrected chi connectivity index (χ0v) is 17.4. The Morgan fingerprint density at radius 1 is 1.07 bits per heavy atom. The maximum atomic E-state index is 12.7. The summed E-state index contributed by atoms with van der Waals surface area (Å²) in [6.45, 7) is 2.04. The number of rotatable bonds is 5. The summed E-state index contributed by atoms with van der Waals surface area (Å²) in [5.74, 6) is -1.42. The second-order valence-electron chi connectivity index (χ2n) is 6.77. The van der Waals surface area contributed by atoms with Gasteiger partial charge in [0.1, 0.15) is 4.88 Å². The number of fused-ring (bicyclic) bond motifs is 1. The standard InChI is InChI=1S/C20H19N3O5S2/c24-19(22-16-3-1-2-14-12-17(20(25)26)29-18(14)16)13-4-6-15(7-5-13)30(27,28)23-10-8-21-9-11-23/h1-7,12,21H,8-11H2,(H,22,24)(H,25,26). The van der Waals surface area contributed by atoms with Crippen LogP contribution in [0.15, 0.2) is 53.4 Å². The van der Waals surface area contributed by atoms with Crippen molar-refractivity contribution in [1.82, 2.24) is 9.62 Å². The number of hydrogen-bond acceptors (Lipinski definition) is 6. The number of piperazine rings is 1. The summed E-state index contributed by atoms with van der Waals surface area (Å²) < 4.78 is 27.5. The Bertz CT molecular complexity index is 1210. The average molecular weight is 446 g/mol. The Morgan fingerprint density at radius 3 is 2.43 bits per heavy atom. The van der Waals surface area contributed by atoms with E-state index in [1.807, 2.05) is 0 Å². The molecule has 0 bridgehead atoms. The van der Waals surface area contributed by atoms with Crippen LogP contribution in [0.5, 0.6) is 0 Å². The minimum atomic E-state index is -3.59. The fourth-order valence-electron chi connectivity index (χ4n) is 3.27.